The summed E-state index contributed by atoms with van der Waals surface area (Å²) in [6, 6.07) is 4.47. The van der Waals surface area contributed by atoms with Crippen molar-refractivity contribution in [2.75, 3.05) is 0 Å². The molecule has 0 N–H and O–H groups in total. The van der Waals surface area contributed by atoms with E-state index in [2.05, 4.69) is 52.8 Å². The van der Waals surface area contributed by atoms with Crippen LogP contribution in [-0.2, 0) is 5.41 Å². The molecule has 0 saturated carbocycles. The van der Waals surface area contributed by atoms with Crippen LogP contribution >= 0.6 is 11.3 Å². The highest BCUT2D eigenvalue weighted by atomic mass is 32.1. The molecule has 0 spiro atoms. The summed E-state index contributed by atoms with van der Waals surface area (Å²) in [5, 5.41) is 0. The third-order valence-corrected chi connectivity index (χ3v) is 3.81. The number of allylic oxidation sites excluding steroid dienone is 2. The van der Waals surface area contributed by atoms with Crippen LogP contribution in [0.15, 0.2) is 18.2 Å². The van der Waals surface area contributed by atoms with Crippen LogP contribution in [0, 0.1) is 0 Å². The van der Waals surface area contributed by atoms with E-state index in [4.69, 9.17) is 0 Å². The molecule has 1 rings (SSSR count). The molecule has 0 radical (unpaired) electrons. The van der Waals surface area contributed by atoms with E-state index in [9.17, 15) is 0 Å². The Morgan fingerprint density at radius 3 is 2.31 bits per heavy atom. The van der Waals surface area contributed by atoms with Gasteiger partial charge in [-0.25, -0.2) is 0 Å². The highest BCUT2D eigenvalue weighted by molar-refractivity contribution is 7.13. The van der Waals surface area contributed by atoms with Crippen molar-refractivity contribution in [2.45, 2.75) is 40.0 Å². The molecule has 0 amide bonds. The van der Waals surface area contributed by atoms with Gasteiger partial charge in [0.1, 0.15) is 0 Å². The molecule has 0 atom stereocenters. The number of hydrogen-bond donors (Lipinski definition) is 0. The summed E-state index contributed by atoms with van der Waals surface area (Å²) in [6.45, 7) is 11.0. The first-order valence-electron chi connectivity index (χ1n) is 4.68. The van der Waals surface area contributed by atoms with Crippen LogP contribution in [0.5, 0.6) is 0 Å². The minimum atomic E-state index is 0.289. The molecule has 0 fully saturated rings. The lowest BCUT2D eigenvalue weighted by atomic mass is 9.95. The lowest BCUT2D eigenvalue weighted by Crippen LogP contribution is -2.07. The van der Waals surface area contributed by atoms with Crippen LogP contribution in [0.25, 0.3) is 5.57 Å². The van der Waals surface area contributed by atoms with Crippen molar-refractivity contribution in [3.05, 3.63) is 28.0 Å². The molecule has 13 heavy (non-hydrogen) atoms. The summed E-state index contributed by atoms with van der Waals surface area (Å²) in [5.41, 5.74) is 1.66. The van der Waals surface area contributed by atoms with Crippen LogP contribution < -0.4 is 0 Å². The van der Waals surface area contributed by atoms with E-state index in [0.29, 0.717) is 0 Å². The van der Waals surface area contributed by atoms with Crippen LogP contribution in [0.4, 0.5) is 0 Å². The third-order valence-electron chi connectivity index (χ3n) is 2.17. The second kappa shape index (κ2) is 3.67. The van der Waals surface area contributed by atoms with Crippen molar-refractivity contribution in [2.24, 2.45) is 0 Å². The Morgan fingerprint density at radius 2 is 1.92 bits per heavy atom. The van der Waals surface area contributed by atoms with Gasteiger partial charge in [-0.15, -0.1) is 11.3 Å². The summed E-state index contributed by atoms with van der Waals surface area (Å²) in [5.74, 6) is 0. The molecule has 0 unspecified atom stereocenters. The fraction of sp³-hybridized carbons (Fsp3) is 0.500. The topological polar surface area (TPSA) is 0 Å². The van der Waals surface area contributed by atoms with Gasteiger partial charge in [-0.2, -0.15) is 0 Å². The van der Waals surface area contributed by atoms with Crippen molar-refractivity contribution in [3.8, 4) is 0 Å². The van der Waals surface area contributed by atoms with Crippen LogP contribution in [0.3, 0.4) is 0 Å². The fourth-order valence-electron chi connectivity index (χ4n) is 1.10. The number of thiophene rings is 1. The van der Waals surface area contributed by atoms with Crippen molar-refractivity contribution >= 4 is 16.9 Å². The predicted molar refractivity (Wildman–Crippen MR) is 62.3 cm³/mol. The molecule has 0 saturated heterocycles. The van der Waals surface area contributed by atoms with Gasteiger partial charge in [0, 0.05) is 9.75 Å². The molecule has 1 aromatic rings. The van der Waals surface area contributed by atoms with Gasteiger partial charge in [0.15, 0.2) is 0 Å². The van der Waals surface area contributed by atoms with E-state index < -0.39 is 0 Å². The van der Waals surface area contributed by atoms with Gasteiger partial charge < -0.3 is 0 Å². The molecule has 0 aliphatic heterocycles. The molecular weight excluding hydrogens is 176 g/mol. The maximum absolute atomic E-state index is 2.26. The monoisotopic (exact) mass is 194 g/mol. The molecule has 1 heterocycles. The van der Waals surface area contributed by atoms with Crippen molar-refractivity contribution in [1.82, 2.24) is 0 Å². The first-order valence-corrected chi connectivity index (χ1v) is 5.50. The summed E-state index contributed by atoms with van der Waals surface area (Å²) < 4.78 is 0. The lowest BCUT2D eigenvalue weighted by molar-refractivity contribution is 0.604. The van der Waals surface area contributed by atoms with Gasteiger partial charge in [-0.1, -0.05) is 26.8 Å². The molecule has 0 aliphatic rings. The molecule has 0 bridgehead atoms. The van der Waals surface area contributed by atoms with Gasteiger partial charge in [-0.05, 0) is 37.0 Å². The zero-order valence-electron chi connectivity index (χ0n) is 9.14. The van der Waals surface area contributed by atoms with E-state index >= 15 is 0 Å². The minimum absolute atomic E-state index is 0.289. The molecular formula is C12H18S. The molecule has 0 aliphatic carbocycles. The third kappa shape index (κ3) is 2.44. The van der Waals surface area contributed by atoms with Crippen molar-refractivity contribution in [1.29, 1.82) is 0 Å². The quantitative estimate of drug-likeness (QED) is 0.619. The molecule has 1 heteroatoms. The summed E-state index contributed by atoms with van der Waals surface area (Å²) in [7, 11) is 0. The first kappa shape index (κ1) is 10.5. The van der Waals surface area contributed by atoms with Gasteiger partial charge in [0.2, 0.25) is 0 Å². The second-order valence-corrected chi connectivity index (χ2v) is 5.47. The largest absolute Gasteiger partial charge is 0.140 e. The van der Waals surface area contributed by atoms with E-state index in [1.807, 2.05) is 11.3 Å². The summed E-state index contributed by atoms with van der Waals surface area (Å²) >= 11 is 1.90. The van der Waals surface area contributed by atoms with Crippen LogP contribution in [0.1, 0.15) is 44.4 Å². The fourth-order valence-corrected chi connectivity index (χ4v) is 2.19. The minimum Gasteiger partial charge on any atom is -0.140 e. The van der Waals surface area contributed by atoms with Crippen LogP contribution in [0.2, 0.25) is 0 Å². The highest BCUT2D eigenvalue weighted by Gasteiger charge is 2.15. The van der Waals surface area contributed by atoms with Gasteiger partial charge in [0.05, 0.1) is 0 Å². The smallest absolute Gasteiger partial charge is 0.0299 e. The molecule has 0 nitrogen and oxygen atoms in total. The maximum atomic E-state index is 2.26. The Morgan fingerprint density at radius 1 is 1.31 bits per heavy atom. The van der Waals surface area contributed by atoms with Gasteiger partial charge in [0.25, 0.3) is 0 Å². The van der Waals surface area contributed by atoms with Crippen molar-refractivity contribution in [3.63, 3.8) is 0 Å². The van der Waals surface area contributed by atoms with E-state index in [1.165, 1.54) is 15.3 Å². The average molecular weight is 194 g/mol. The summed E-state index contributed by atoms with van der Waals surface area (Å²) in [6.07, 6.45) is 2.16. The molecule has 0 aromatic carbocycles. The zero-order valence-corrected chi connectivity index (χ0v) is 9.96. The Balaban J connectivity index is 3.00. The van der Waals surface area contributed by atoms with Crippen LogP contribution in [-0.4, -0.2) is 0 Å². The Bertz CT molecular complexity index is 310. The normalized spacial score (nSPS) is 13.5. The predicted octanol–water partition coefficient (Wildman–Crippen LogP) is 4.47. The van der Waals surface area contributed by atoms with E-state index in [-0.39, 0.29) is 5.41 Å². The molecule has 72 valence electrons. The zero-order chi connectivity index (χ0) is 10.1. The lowest BCUT2D eigenvalue weighted by Gasteiger charge is -2.15. The highest BCUT2D eigenvalue weighted by Crippen LogP contribution is 2.32. The molecule has 1 aromatic heterocycles. The van der Waals surface area contributed by atoms with E-state index in [0.717, 1.165) is 0 Å². The van der Waals surface area contributed by atoms with Crippen molar-refractivity contribution < 1.29 is 0 Å². The Hall–Kier alpha value is -0.560. The summed E-state index contributed by atoms with van der Waals surface area (Å²) in [4.78, 5) is 2.86. The van der Waals surface area contributed by atoms with Gasteiger partial charge >= 0.3 is 0 Å². The SMILES string of the molecule is CC=C(C)c1ccc(C(C)(C)C)s1. The average Bonchev–Trinajstić information content (AvgIpc) is 2.50. The number of rotatable bonds is 1. The maximum Gasteiger partial charge on any atom is 0.0299 e. The standard InChI is InChI=1S/C12H18S/c1-6-9(2)10-7-8-11(13-10)12(3,4)5/h6-8H,1-5H3. The second-order valence-electron chi connectivity index (χ2n) is 4.39. The number of hydrogen-bond acceptors (Lipinski definition) is 1. The first-order chi connectivity index (χ1) is 5.95. The van der Waals surface area contributed by atoms with Gasteiger partial charge in [-0.3, -0.25) is 0 Å². The van der Waals surface area contributed by atoms with E-state index in [1.54, 1.807) is 0 Å². The Labute approximate surface area is 85.3 Å². The Kier molecular flexibility index (Phi) is 2.97.